The van der Waals surface area contributed by atoms with Crippen molar-refractivity contribution >= 4 is 11.5 Å². The van der Waals surface area contributed by atoms with Gasteiger partial charge in [0.1, 0.15) is 18.2 Å². The predicted molar refractivity (Wildman–Crippen MR) is 101 cm³/mol. The molecule has 1 heterocycles. The lowest BCUT2D eigenvalue weighted by molar-refractivity contribution is 0.260. The molecule has 0 unspecified atom stereocenters. The van der Waals surface area contributed by atoms with E-state index < -0.39 is 0 Å². The average Bonchev–Trinajstić information content (AvgIpc) is 2.60. The molecule has 2 rings (SSSR count). The highest BCUT2D eigenvalue weighted by Crippen LogP contribution is 2.20. The minimum absolute atomic E-state index is 0.658. The molecule has 1 N–H and O–H groups in total. The second-order valence-electron chi connectivity index (χ2n) is 5.91. The number of aromatic nitrogens is 1. The van der Waals surface area contributed by atoms with Crippen LogP contribution in [0.5, 0.6) is 5.75 Å². The van der Waals surface area contributed by atoms with Crippen LogP contribution in [0.4, 0.5) is 5.82 Å². The molecule has 0 saturated heterocycles. The maximum atomic E-state index is 5.67. The monoisotopic (exact) mass is 325 g/mol. The largest absolute Gasteiger partial charge is 0.491 e. The summed E-state index contributed by atoms with van der Waals surface area (Å²) in [6.07, 6.45) is 4.85. The number of benzene rings is 1. The quantitative estimate of drug-likeness (QED) is 0.794. The van der Waals surface area contributed by atoms with E-state index in [4.69, 9.17) is 4.74 Å². The summed E-state index contributed by atoms with van der Waals surface area (Å²) in [4.78, 5) is 6.53. The number of ether oxygens (including phenoxy) is 1. The van der Waals surface area contributed by atoms with Gasteiger partial charge in [0, 0.05) is 12.2 Å². The summed E-state index contributed by atoms with van der Waals surface area (Å²) in [5, 5.41) is 3.38. The highest BCUT2D eigenvalue weighted by Gasteiger charge is 2.04. The lowest BCUT2D eigenvalue weighted by Gasteiger charge is -2.13. The van der Waals surface area contributed by atoms with Crippen molar-refractivity contribution in [1.29, 1.82) is 0 Å². The smallest absolute Gasteiger partial charge is 0.137 e. The predicted octanol–water partition coefficient (Wildman–Crippen LogP) is 4.06. The van der Waals surface area contributed by atoms with E-state index in [0.717, 1.165) is 30.2 Å². The van der Waals surface area contributed by atoms with Gasteiger partial charge >= 0.3 is 0 Å². The van der Waals surface area contributed by atoms with Crippen molar-refractivity contribution in [2.45, 2.75) is 20.3 Å². The first kappa shape index (κ1) is 18.0. The van der Waals surface area contributed by atoms with Crippen molar-refractivity contribution < 1.29 is 4.74 Å². The number of pyridine rings is 1. The van der Waals surface area contributed by atoms with Crippen LogP contribution in [-0.2, 0) is 6.42 Å². The molecule has 128 valence electrons. The number of anilines is 1. The SMILES string of the molecule is C/C=C(/Nc1ccc(OCCN(C)C)cn1)c1cccc(CC)c1. The summed E-state index contributed by atoms with van der Waals surface area (Å²) in [6, 6.07) is 12.4. The van der Waals surface area contributed by atoms with E-state index in [-0.39, 0.29) is 0 Å². The second kappa shape index (κ2) is 9.08. The fraction of sp³-hybridized carbons (Fsp3) is 0.350. The maximum Gasteiger partial charge on any atom is 0.137 e. The molecule has 0 radical (unpaired) electrons. The molecular formula is C20H27N3O. The van der Waals surface area contributed by atoms with Crippen LogP contribution in [0.1, 0.15) is 25.0 Å². The zero-order valence-corrected chi connectivity index (χ0v) is 15.0. The van der Waals surface area contributed by atoms with E-state index in [1.165, 1.54) is 11.1 Å². The van der Waals surface area contributed by atoms with Gasteiger partial charge < -0.3 is 15.0 Å². The fourth-order valence-electron chi connectivity index (χ4n) is 2.29. The van der Waals surface area contributed by atoms with Crippen molar-refractivity contribution in [2.75, 3.05) is 32.6 Å². The van der Waals surface area contributed by atoms with E-state index >= 15 is 0 Å². The Morgan fingerprint density at radius 3 is 2.71 bits per heavy atom. The Morgan fingerprint density at radius 2 is 2.08 bits per heavy atom. The molecule has 0 bridgehead atoms. The molecule has 0 amide bonds. The first-order valence-corrected chi connectivity index (χ1v) is 8.38. The van der Waals surface area contributed by atoms with Crippen LogP contribution in [0.25, 0.3) is 5.70 Å². The maximum absolute atomic E-state index is 5.67. The van der Waals surface area contributed by atoms with Crippen LogP contribution < -0.4 is 10.1 Å². The van der Waals surface area contributed by atoms with E-state index in [1.807, 2.05) is 33.2 Å². The average molecular weight is 325 g/mol. The summed E-state index contributed by atoms with van der Waals surface area (Å²) in [6.45, 7) is 5.74. The van der Waals surface area contributed by atoms with Gasteiger partial charge in [-0.2, -0.15) is 0 Å². The summed E-state index contributed by atoms with van der Waals surface area (Å²) in [5.74, 6) is 1.60. The first-order chi connectivity index (χ1) is 11.6. The van der Waals surface area contributed by atoms with Crippen molar-refractivity contribution in [2.24, 2.45) is 0 Å². The number of nitrogens with zero attached hydrogens (tertiary/aromatic N) is 2. The molecule has 0 spiro atoms. The second-order valence-corrected chi connectivity index (χ2v) is 5.91. The van der Waals surface area contributed by atoms with Crippen molar-refractivity contribution in [3.05, 3.63) is 59.8 Å². The Balaban J connectivity index is 2.00. The normalized spacial score (nSPS) is 11.6. The molecule has 4 heteroatoms. The molecular weight excluding hydrogens is 298 g/mol. The van der Waals surface area contributed by atoms with Crippen LogP contribution in [0, 0.1) is 0 Å². The minimum atomic E-state index is 0.658. The molecule has 0 aliphatic heterocycles. The van der Waals surface area contributed by atoms with E-state index in [9.17, 15) is 0 Å². The first-order valence-electron chi connectivity index (χ1n) is 8.38. The number of likely N-dealkylation sites (N-methyl/N-ethyl adjacent to an activating group) is 1. The molecule has 4 nitrogen and oxygen atoms in total. The Kier molecular flexibility index (Phi) is 6.82. The number of allylic oxidation sites excluding steroid dienone is 1. The van der Waals surface area contributed by atoms with Crippen molar-refractivity contribution in [3.8, 4) is 5.75 Å². The molecule has 0 fully saturated rings. The van der Waals surface area contributed by atoms with Crippen LogP contribution in [0.3, 0.4) is 0 Å². The zero-order valence-electron chi connectivity index (χ0n) is 15.0. The van der Waals surface area contributed by atoms with Gasteiger partial charge in [-0.05, 0) is 56.8 Å². The molecule has 1 aromatic heterocycles. The Labute approximate surface area is 145 Å². The van der Waals surface area contributed by atoms with Gasteiger partial charge in [-0.1, -0.05) is 31.2 Å². The number of nitrogens with one attached hydrogen (secondary N) is 1. The Morgan fingerprint density at radius 1 is 1.25 bits per heavy atom. The van der Waals surface area contributed by atoms with E-state index in [1.54, 1.807) is 6.20 Å². The third-order valence-corrected chi connectivity index (χ3v) is 3.74. The summed E-state index contributed by atoms with van der Waals surface area (Å²) >= 11 is 0. The van der Waals surface area contributed by atoms with E-state index in [2.05, 4.69) is 52.5 Å². The van der Waals surface area contributed by atoms with Gasteiger partial charge in [-0.25, -0.2) is 4.98 Å². The number of hydrogen-bond donors (Lipinski definition) is 1. The number of hydrogen-bond acceptors (Lipinski definition) is 4. The van der Waals surface area contributed by atoms with Gasteiger partial charge in [0.05, 0.1) is 6.20 Å². The molecule has 1 aromatic carbocycles. The molecule has 0 aliphatic carbocycles. The van der Waals surface area contributed by atoms with Gasteiger partial charge in [0.2, 0.25) is 0 Å². The highest BCUT2D eigenvalue weighted by molar-refractivity contribution is 5.75. The van der Waals surface area contributed by atoms with Crippen LogP contribution in [0.15, 0.2) is 48.7 Å². The number of aryl methyl sites for hydroxylation is 1. The van der Waals surface area contributed by atoms with Gasteiger partial charge in [0.25, 0.3) is 0 Å². The molecule has 0 aliphatic rings. The Bertz CT molecular complexity index is 663. The Hall–Kier alpha value is -2.33. The third kappa shape index (κ3) is 5.39. The van der Waals surface area contributed by atoms with Crippen LogP contribution in [-0.4, -0.2) is 37.1 Å². The van der Waals surface area contributed by atoms with E-state index in [0.29, 0.717) is 6.61 Å². The standard InChI is InChI=1S/C20H27N3O/c1-5-16-8-7-9-17(14-16)19(6-2)22-20-11-10-18(15-21-20)24-13-12-23(3)4/h6-11,14-15H,5,12-13H2,1-4H3,(H,21,22)/b19-6+. The molecule has 0 saturated carbocycles. The van der Waals surface area contributed by atoms with Gasteiger partial charge in [0.15, 0.2) is 0 Å². The molecule has 0 atom stereocenters. The topological polar surface area (TPSA) is 37.4 Å². The lowest BCUT2D eigenvalue weighted by Crippen LogP contribution is -2.19. The summed E-state index contributed by atoms with van der Waals surface area (Å²) in [7, 11) is 4.06. The van der Waals surface area contributed by atoms with Gasteiger partial charge in [-0.3, -0.25) is 0 Å². The molecule has 24 heavy (non-hydrogen) atoms. The van der Waals surface area contributed by atoms with Crippen molar-refractivity contribution in [3.63, 3.8) is 0 Å². The highest BCUT2D eigenvalue weighted by atomic mass is 16.5. The van der Waals surface area contributed by atoms with Crippen LogP contribution >= 0.6 is 0 Å². The summed E-state index contributed by atoms with van der Waals surface area (Å²) < 4.78 is 5.67. The lowest BCUT2D eigenvalue weighted by atomic mass is 10.1. The third-order valence-electron chi connectivity index (χ3n) is 3.74. The fourth-order valence-corrected chi connectivity index (χ4v) is 2.29. The minimum Gasteiger partial charge on any atom is -0.491 e. The van der Waals surface area contributed by atoms with Crippen molar-refractivity contribution in [1.82, 2.24) is 9.88 Å². The summed E-state index contributed by atoms with van der Waals surface area (Å²) in [5.41, 5.74) is 3.55. The number of rotatable bonds is 8. The van der Waals surface area contributed by atoms with Crippen LogP contribution in [0.2, 0.25) is 0 Å². The zero-order chi connectivity index (χ0) is 17.4. The molecule has 2 aromatic rings. The van der Waals surface area contributed by atoms with Gasteiger partial charge in [-0.15, -0.1) is 0 Å².